The van der Waals surface area contributed by atoms with Gasteiger partial charge in [-0.25, -0.2) is 0 Å². The quantitative estimate of drug-likeness (QED) is 0.866. The Morgan fingerprint density at radius 3 is 2.88 bits per heavy atom. The van der Waals surface area contributed by atoms with Crippen LogP contribution in [-0.2, 0) is 11.2 Å². The number of ether oxygens (including phenoxy) is 1. The fourth-order valence-electron chi connectivity index (χ4n) is 4.34. The van der Waals surface area contributed by atoms with Gasteiger partial charge in [0.2, 0.25) is 0 Å². The zero-order valence-corrected chi connectivity index (χ0v) is 14.4. The van der Waals surface area contributed by atoms with E-state index in [4.69, 9.17) is 4.74 Å². The monoisotopic (exact) mass is 325 g/mol. The van der Waals surface area contributed by atoms with Crippen LogP contribution in [0.2, 0.25) is 0 Å². The maximum atomic E-state index is 5.52. The maximum absolute atomic E-state index is 5.52. The first-order chi connectivity index (χ1) is 11.9. The third-order valence-electron chi connectivity index (χ3n) is 5.73. The summed E-state index contributed by atoms with van der Waals surface area (Å²) in [5, 5.41) is 1.23. The smallest absolute Gasteiger partial charge is 0.0735 e. The Bertz CT molecular complexity index is 663. The van der Waals surface area contributed by atoms with Crippen LogP contribution < -0.4 is 0 Å². The van der Waals surface area contributed by atoms with Crippen LogP contribution in [-0.4, -0.2) is 47.2 Å². The van der Waals surface area contributed by atoms with Crippen molar-refractivity contribution in [3.8, 4) is 0 Å². The molecule has 0 N–H and O–H groups in total. The Labute approximate surface area is 144 Å². The van der Waals surface area contributed by atoms with Crippen LogP contribution in [0.4, 0.5) is 0 Å². The van der Waals surface area contributed by atoms with E-state index in [9.17, 15) is 0 Å². The van der Waals surface area contributed by atoms with Gasteiger partial charge >= 0.3 is 0 Å². The van der Waals surface area contributed by atoms with Crippen molar-refractivity contribution in [1.29, 1.82) is 0 Å². The highest BCUT2D eigenvalue weighted by Gasteiger charge is 2.25. The van der Waals surface area contributed by atoms with Gasteiger partial charge in [0.25, 0.3) is 0 Å². The van der Waals surface area contributed by atoms with Crippen molar-refractivity contribution in [1.82, 2.24) is 14.9 Å². The van der Waals surface area contributed by atoms with E-state index in [1.165, 1.54) is 56.1 Å². The lowest BCUT2D eigenvalue weighted by molar-refractivity contribution is 0.0349. The van der Waals surface area contributed by atoms with Crippen LogP contribution in [0, 0.1) is 5.92 Å². The first-order valence-electron chi connectivity index (χ1n) is 9.39. The maximum Gasteiger partial charge on any atom is 0.0735 e. The molecule has 2 fully saturated rings. The topological polar surface area (TPSA) is 38.2 Å². The number of pyridine rings is 2. The van der Waals surface area contributed by atoms with Crippen molar-refractivity contribution in [2.45, 2.75) is 44.6 Å². The molecule has 4 nitrogen and oxygen atoms in total. The van der Waals surface area contributed by atoms with Crippen molar-refractivity contribution in [3.05, 3.63) is 36.3 Å². The van der Waals surface area contributed by atoms with Gasteiger partial charge in [-0.2, -0.15) is 0 Å². The van der Waals surface area contributed by atoms with Crippen LogP contribution in [0.5, 0.6) is 0 Å². The largest absolute Gasteiger partial charge is 0.381 e. The van der Waals surface area contributed by atoms with Gasteiger partial charge in [-0.05, 0) is 75.2 Å². The van der Waals surface area contributed by atoms with Crippen LogP contribution in [0.25, 0.3) is 10.9 Å². The van der Waals surface area contributed by atoms with Gasteiger partial charge in [-0.15, -0.1) is 0 Å². The molecule has 4 rings (SSSR count). The summed E-state index contributed by atoms with van der Waals surface area (Å²) in [5.74, 6) is 0.778. The molecule has 24 heavy (non-hydrogen) atoms. The SMILES string of the molecule is c1cc2nccc(C[C@H]3CCCN(C4CCOCC4)CC3)c2cn1. The van der Waals surface area contributed by atoms with E-state index in [1.807, 2.05) is 24.7 Å². The van der Waals surface area contributed by atoms with Gasteiger partial charge in [0.15, 0.2) is 0 Å². The predicted octanol–water partition coefficient (Wildman–Crippen LogP) is 3.45. The number of likely N-dealkylation sites (tertiary alicyclic amines) is 1. The molecule has 2 aromatic heterocycles. The molecule has 0 unspecified atom stereocenters. The van der Waals surface area contributed by atoms with Crippen LogP contribution in [0.15, 0.2) is 30.7 Å². The second kappa shape index (κ2) is 7.58. The Balaban J connectivity index is 1.42. The molecule has 2 aliphatic heterocycles. The standard InChI is InChI=1S/C20H27N3O/c1-2-16(5-11-23(10-1)18-6-12-24-13-7-18)14-17-3-9-22-20-4-8-21-15-19(17)20/h3-4,8-9,15-16,18H,1-2,5-7,10-14H2/t16-/m0/s1. The molecule has 0 bridgehead atoms. The highest BCUT2D eigenvalue weighted by molar-refractivity contribution is 5.80. The van der Waals surface area contributed by atoms with Crippen molar-refractivity contribution in [2.75, 3.05) is 26.3 Å². The summed E-state index contributed by atoms with van der Waals surface area (Å²) in [4.78, 5) is 11.5. The zero-order valence-electron chi connectivity index (χ0n) is 14.4. The molecule has 0 spiro atoms. The highest BCUT2D eigenvalue weighted by atomic mass is 16.5. The van der Waals surface area contributed by atoms with Gasteiger partial charge in [0, 0.05) is 43.2 Å². The second-order valence-electron chi connectivity index (χ2n) is 7.24. The molecule has 128 valence electrons. The lowest BCUT2D eigenvalue weighted by Gasteiger charge is -2.33. The summed E-state index contributed by atoms with van der Waals surface area (Å²) in [5.41, 5.74) is 2.48. The molecule has 2 saturated heterocycles. The molecule has 2 aromatic rings. The van der Waals surface area contributed by atoms with E-state index in [0.29, 0.717) is 0 Å². The number of fused-ring (bicyclic) bond motifs is 1. The van der Waals surface area contributed by atoms with Crippen molar-refractivity contribution in [3.63, 3.8) is 0 Å². The Morgan fingerprint density at radius 1 is 1.04 bits per heavy atom. The molecule has 0 radical (unpaired) electrons. The van der Waals surface area contributed by atoms with Crippen molar-refractivity contribution in [2.24, 2.45) is 5.92 Å². The second-order valence-corrected chi connectivity index (χ2v) is 7.24. The number of hydrogen-bond donors (Lipinski definition) is 0. The third kappa shape index (κ3) is 3.60. The number of hydrogen-bond acceptors (Lipinski definition) is 4. The van der Waals surface area contributed by atoms with Crippen LogP contribution >= 0.6 is 0 Å². The highest BCUT2D eigenvalue weighted by Crippen LogP contribution is 2.27. The summed E-state index contributed by atoms with van der Waals surface area (Å²) >= 11 is 0. The molecule has 4 heteroatoms. The molecular formula is C20H27N3O. The van der Waals surface area contributed by atoms with E-state index in [0.717, 1.165) is 37.1 Å². The molecule has 0 aromatic carbocycles. The molecular weight excluding hydrogens is 298 g/mol. The average Bonchev–Trinajstić information content (AvgIpc) is 2.88. The van der Waals surface area contributed by atoms with Gasteiger partial charge in [-0.3, -0.25) is 9.97 Å². The van der Waals surface area contributed by atoms with E-state index in [-0.39, 0.29) is 0 Å². The zero-order chi connectivity index (χ0) is 16.2. The normalized spacial score (nSPS) is 24.1. The van der Waals surface area contributed by atoms with Gasteiger partial charge in [0.1, 0.15) is 0 Å². The summed E-state index contributed by atoms with van der Waals surface area (Å²) < 4.78 is 5.52. The minimum Gasteiger partial charge on any atom is -0.381 e. The summed E-state index contributed by atoms with van der Waals surface area (Å²) in [7, 11) is 0. The summed E-state index contributed by atoms with van der Waals surface area (Å²) in [6.07, 6.45) is 13.3. The molecule has 0 saturated carbocycles. The first-order valence-corrected chi connectivity index (χ1v) is 9.39. The van der Waals surface area contributed by atoms with E-state index in [1.54, 1.807) is 0 Å². The molecule has 2 aliphatic rings. The lowest BCUT2D eigenvalue weighted by Crippen LogP contribution is -2.40. The predicted molar refractivity (Wildman–Crippen MR) is 96.0 cm³/mol. The third-order valence-corrected chi connectivity index (χ3v) is 5.73. The summed E-state index contributed by atoms with van der Waals surface area (Å²) in [6.45, 7) is 4.40. The van der Waals surface area contributed by atoms with Crippen molar-refractivity contribution < 1.29 is 4.74 Å². The first kappa shape index (κ1) is 16.0. The number of nitrogens with zero attached hydrogens (tertiary/aromatic N) is 3. The summed E-state index contributed by atoms with van der Waals surface area (Å²) in [6, 6.07) is 4.95. The van der Waals surface area contributed by atoms with E-state index in [2.05, 4.69) is 20.9 Å². The lowest BCUT2D eigenvalue weighted by atomic mass is 9.91. The number of rotatable bonds is 3. The molecule has 0 aliphatic carbocycles. The minimum atomic E-state index is 0.753. The van der Waals surface area contributed by atoms with Gasteiger partial charge in [0.05, 0.1) is 5.52 Å². The molecule has 4 heterocycles. The fourth-order valence-corrected chi connectivity index (χ4v) is 4.34. The fraction of sp³-hybridized carbons (Fsp3) is 0.600. The van der Waals surface area contributed by atoms with E-state index < -0.39 is 0 Å². The van der Waals surface area contributed by atoms with Crippen LogP contribution in [0.1, 0.15) is 37.7 Å². The average molecular weight is 325 g/mol. The molecule has 1 atom stereocenters. The molecule has 0 amide bonds. The van der Waals surface area contributed by atoms with E-state index >= 15 is 0 Å². The Kier molecular flexibility index (Phi) is 5.04. The Hall–Kier alpha value is -1.52. The van der Waals surface area contributed by atoms with Crippen molar-refractivity contribution >= 4 is 10.9 Å². The van der Waals surface area contributed by atoms with Gasteiger partial charge < -0.3 is 9.64 Å². The van der Waals surface area contributed by atoms with Gasteiger partial charge in [-0.1, -0.05) is 0 Å². The minimum absolute atomic E-state index is 0.753. The number of aromatic nitrogens is 2. The Morgan fingerprint density at radius 2 is 1.96 bits per heavy atom. The van der Waals surface area contributed by atoms with Crippen LogP contribution in [0.3, 0.4) is 0 Å².